The highest BCUT2D eigenvalue weighted by Crippen LogP contribution is 2.39. The van der Waals surface area contributed by atoms with E-state index in [1.807, 2.05) is 18.2 Å². The summed E-state index contributed by atoms with van der Waals surface area (Å²) >= 11 is 0. The molecule has 2 nitrogen and oxygen atoms in total. The van der Waals surface area contributed by atoms with Gasteiger partial charge in [-0.3, -0.25) is 4.79 Å². The van der Waals surface area contributed by atoms with Crippen molar-refractivity contribution in [3.8, 4) is 0 Å². The summed E-state index contributed by atoms with van der Waals surface area (Å²) in [6.45, 7) is 4.10. The monoisotopic (exact) mass is 321 g/mol. The molecule has 0 aromatic heterocycles. The number of benzene rings is 1. The van der Waals surface area contributed by atoms with E-state index in [4.69, 9.17) is 0 Å². The average Bonchev–Trinajstić information content (AvgIpc) is 2.91. The Kier molecular flexibility index (Phi) is 5.34. The highest BCUT2D eigenvalue weighted by atomic mass is 16.2. The maximum atomic E-state index is 12.5. The van der Waals surface area contributed by atoms with E-state index in [0.29, 0.717) is 12.3 Å². The first-order valence-corrected chi connectivity index (χ1v) is 9.03. The second kappa shape index (κ2) is 7.65. The van der Waals surface area contributed by atoms with Crippen LogP contribution in [0.3, 0.4) is 0 Å². The van der Waals surface area contributed by atoms with Crippen LogP contribution in [0.1, 0.15) is 38.2 Å². The van der Waals surface area contributed by atoms with Crippen molar-refractivity contribution in [3.05, 3.63) is 71.8 Å². The van der Waals surface area contributed by atoms with E-state index in [1.54, 1.807) is 0 Å². The van der Waals surface area contributed by atoms with Gasteiger partial charge in [-0.25, -0.2) is 0 Å². The molecule has 2 aliphatic rings. The quantitative estimate of drug-likeness (QED) is 0.788. The number of aryl methyl sites for hydroxylation is 1. The standard InChI is InChI=1S/C22H27NO/c1-22(20-11-7-2-3-8-12-20)15-17-23(18-16-22)21(24)14-13-19-9-5-4-6-10-19/h2-7,9-12H,8,13-18H2,1H3. The fraction of sp³-hybridized carbons (Fsp3) is 0.409. The molecule has 0 N–H and O–H groups in total. The Morgan fingerprint density at radius 3 is 2.62 bits per heavy atom. The van der Waals surface area contributed by atoms with Crippen LogP contribution in [-0.4, -0.2) is 23.9 Å². The molecular weight excluding hydrogens is 294 g/mol. The predicted octanol–water partition coefficient (Wildman–Crippen LogP) is 4.69. The summed E-state index contributed by atoms with van der Waals surface area (Å²) < 4.78 is 0. The van der Waals surface area contributed by atoms with Crippen molar-refractivity contribution in [3.63, 3.8) is 0 Å². The molecule has 24 heavy (non-hydrogen) atoms. The summed E-state index contributed by atoms with van der Waals surface area (Å²) in [4.78, 5) is 14.6. The third-order valence-electron chi connectivity index (χ3n) is 5.38. The van der Waals surface area contributed by atoms with Gasteiger partial charge in [0.2, 0.25) is 5.91 Å². The Morgan fingerprint density at radius 1 is 1.12 bits per heavy atom. The molecule has 1 amide bonds. The van der Waals surface area contributed by atoms with Gasteiger partial charge in [-0.15, -0.1) is 0 Å². The van der Waals surface area contributed by atoms with Crippen molar-refractivity contribution in [1.82, 2.24) is 4.90 Å². The SMILES string of the molecule is CC1(C2=CCC=CC=C2)CCN(C(=O)CCc2ccccc2)CC1. The largest absolute Gasteiger partial charge is 0.343 e. The van der Waals surface area contributed by atoms with Crippen molar-refractivity contribution < 1.29 is 4.79 Å². The number of likely N-dealkylation sites (tertiary alicyclic amines) is 1. The van der Waals surface area contributed by atoms with Crippen LogP contribution < -0.4 is 0 Å². The number of nitrogens with zero attached hydrogens (tertiary/aromatic N) is 1. The zero-order valence-corrected chi connectivity index (χ0v) is 14.6. The number of allylic oxidation sites excluding steroid dienone is 6. The molecule has 0 spiro atoms. The zero-order valence-electron chi connectivity index (χ0n) is 14.6. The van der Waals surface area contributed by atoms with Crippen LogP contribution in [0.4, 0.5) is 0 Å². The van der Waals surface area contributed by atoms with Crippen LogP contribution in [0, 0.1) is 5.41 Å². The number of rotatable bonds is 4. The molecule has 0 saturated carbocycles. The Bertz CT molecular complexity index is 646. The smallest absolute Gasteiger partial charge is 0.222 e. The maximum absolute atomic E-state index is 12.5. The third kappa shape index (κ3) is 4.05. The van der Waals surface area contributed by atoms with E-state index in [-0.39, 0.29) is 5.41 Å². The lowest BCUT2D eigenvalue weighted by atomic mass is 9.73. The first kappa shape index (κ1) is 16.8. The van der Waals surface area contributed by atoms with Crippen molar-refractivity contribution in [1.29, 1.82) is 0 Å². The number of hydrogen-bond donors (Lipinski definition) is 0. The fourth-order valence-corrected chi connectivity index (χ4v) is 3.62. The Balaban J connectivity index is 1.52. The molecule has 1 fully saturated rings. The molecule has 1 saturated heterocycles. The maximum Gasteiger partial charge on any atom is 0.222 e. The second-order valence-corrected chi connectivity index (χ2v) is 7.11. The molecule has 0 bridgehead atoms. The molecule has 1 aromatic rings. The van der Waals surface area contributed by atoms with Crippen molar-refractivity contribution in [2.75, 3.05) is 13.1 Å². The Labute approximate surface area is 145 Å². The van der Waals surface area contributed by atoms with Gasteiger partial charge in [0.15, 0.2) is 0 Å². The lowest BCUT2D eigenvalue weighted by molar-refractivity contribution is -0.133. The molecule has 0 unspecified atom stereocenters. The topological polar surface area (TPSA) is 20.3 Å². The van der Waals surface area contributed by atoms with Gasteiger partial charge in [-0.05, 0) is 42.2 Å². The highest BCUT2D eigenvalue weighted by Gasteiger charge is 2.33. The minimum Gasteiger partial charge on any atom is -0.343 e. The van der Waals surface area contributed by atoms with Crippen LogP contribution in [-0.2, 0) is 11.2 Å². The molecular formula is C22H27NO. The van der Waals surface area contributed by atoms with Gasteiger partial charge in [0, 0.05) is 19.5 Å². The summed E-state index contributed by atoms with van der Waals surface area (Å²) in [5.41, 5.74) is 2.89. The molecule has 126 valence electrons. The number of carbonyl (C=O) groups excluding carboxylic acids is 1. The molecule has 3 rings (SSSR count). The summed E-state index contributed by atoms with van der Waals surface area (Å²) in [6, 6.07) is 10.3. The summed E-state index contributed by atoms with van der Waals surface area (Å²) in [7, 11) is 0. The number of amides is 1. The van der Waals surface area contributed by atoms with E-state index >= 15 is 0 Å². The molecule has 1 aliphatic heterocycles. The van der Waals surface area contributed by atoms with E-state index in [0.717, 1.165) is 38.8 Å². The predicted molar refractivity (Wildman–Crippen MR) is 99.7 cm³/mol. The van der Waals surface area contributed by atoms with E-state index in [1.165, 1.54) is 11.1 Å². The third-order valence-corrected chi connectivity index (χ3v) is 5.38. The van der Waals surface area contributed by atoms with Crippen LogP contribution in [0.25, 0.3) is 0 Å². The van der Waals surface area contributed by atoms with Crippen LogP contribution in [0.15, 0.2) is 66.3 Å². The molecule has 1 aromatic carbocycles. The first-order chi connectivity index (χ1) is 11.7. The highest BCUT2D eigenvalue weighted by molar-refractivity contribution is 5.76. The molecule has 0 radical (unpaired) electrons. The number of hydrogen-bond acceptors (Lipinski definition) is 1. The summed E-state index contributed by atoms with van der Waals surface area (Å²) in [5, 5.41) is 0. The van der Waals surface area contributed by atoms with Gasteiger partial charge in [-0.2, -0.15) is 0 Å². The summed E-state index contributed by atoms with van der Waals surface area (Å²) in [5.74, 6) is 0.299. The zero-order chi connectivity index (χ0) is 16.8. The minimum atomic E-state index is 0.207. The fourth-order valence-electron chi connectivity index (χ4n) is 3.62. The van der Waals surface area contributed by atoms with Crippen molar-refractivity contribution >= 4 is 5.91 Å². The van der Waals surface area contributed by atoms with Crippen LogP contribution in [0.5, 0.6) is 0 Å². The van der Waals surface area contributed by atoms with E-state index in [2.05, 4.69) is 54.3 Å². The van der Waals surface area contributed by atoms with E-state index < -0.39 is 0 Å². The molecule has 0 atom stereocenters. The average molecular weight is 321 g/mol. The molecule has 1 heterocycles. The van der Waals surface area contributed by atoms with Gasteiger partial charge < -0.3 is 4.90 Å². The number of carbonyl (C=O) groups is 1. The van der Waals surface area contributed by atoms with Gasteiger partial charge in [0.05, 0.1) is 0 Å². The lowest BCUT2D eigenvalue weighted by Gasteiger charge is -2.40. The van der Waals surface area contributed by atoms with Gasteiger partial charge in [0.25, 0.3) is 0 Å². The van der Waals surface area contributed by atoms with Gasteiger partial charge in [-0.1, -0.05) is 67.6 Å². The Hall–Kier alpha value is -2.09. The first-order valence-electron chi connectivity index (χ1n) is 9.03. The second-order valence-electron chi connectivity index (χ2n) is 7.11. The minimum absolute atomic E-state index is 0.207. The van der Waals surface area contributed by atoms with Gasteiger partial charge >= 0.3 is 0 Å². The van der Waals surface area contributed by atoms with Gasteiger partial charge in [0.1, 0.15) is 0 Å². The number of piperidine rings is 1. The normalized spacial score (nSPS) is 19.7. The van der Waals surface area contributed by atoms with E-state index in [9.17, 15) is 4.79 Å². The van der Waals surface area contributed by atoms with Crippen molar-refractivity contribution in [2.24, 2.45) is 5.41 Å². The molecule has 1 aliphatic carbocycles. The lowest BCUT2D eigenvalue weighted by Crippen LogP contribution is -2.42. The summed E-state index contributed by atoms with van der Waals surface area (Å²) in [6.07, 6.45) is 15.6. The molecule has 2 heteroatoms. The van der Waals surface area contributed by atoms with Crippen LogP contribution >= 0.6 is 0 Å². The van der Waals surface area contributed by atoms with Crippen molar-refractivity contribution in [2.45, 2.75) is 39.0 Å². The van der Waals surface area contributed by atoms with Crippen LogP contribution in [0.2, 0.25) is 0 Å². The Morgan fingerprint density at radius 2 is 1.88 bits per heavy atom.